The Morgan fingerprint density at radius 2 is 2.00 bits per heavy atom. The van der Waals surface area contributed by atoms with E-state index in [1.165, 1.54) is 0 Å². The van der Waals surface area contributed by atoms with Crippen LogP contribution in [0.4, 0.5) is 5.69 Å². The highest BCUT2D eigenvalue weighted by Gasteiger charge is 1.95. The molecule has 1 aromatic rings. The van der Waals surface area contributed by atoms with Crippen molar-refractivity contribution in [3.8, 4) is 0 Å². The van der Waals surface area contributed by atoms with Gasteiger partial charge in [-0.1, -0.05) is 30.4 Å². The van der Waals surface area contributed by atoms with Crippen LogP contribution in [0.15, 0.2) is 42.5 Å². The van der Waals surface area contributed by atoms with Gasteiger partial charge in [-0.2, -0.15) is 0 Å². The minimum atomic E-state index is 0.624. The molecule has 0 amide bonds. The van der Waals surface area contributed by atoms with Gasteiger partial charge < -0.3 is 10.6 Å². The smallest absolute Gasteiger partial charge is 0.171 e. The number of hydrogen-bond acceptors (Lipinski definition) is 1. The molecule has 1 rings (SSSR count). The normalized spacial score (nSPS) is 9.21. The molecule has 2 nitrogen and oxygen atoms in total. The van der Waals surface area contributed by atoms with E-state index in [1.807, 2.05) is 37.3 Å². The maximum absolute atomic E-state index is 5.09. The molecule has 0 saturated carbocycles. The van der Waals surface area contributed by atoms with E-state index in [1.54, 1.807) is 0 Å². The Hall–Kier alpha value is -1.35. The van der Waals surface area contributed by atoms with Crippen molar-refractivity contribution in [2.75, 3.05) is 11.9 Å². The van der Waals surface area contributed by atoms with Crippen LogP contribution in [0.5, 0.6) is 0 Å². The predicted molar refractivity (Wildman–Crippen MR) is 65.5 cm³/mol. The first-order valence-corrected chi connectivity index (χ1v) is 4.83. The van der Waals surface area contributed by atoms with E-state index < -0.39 is 0 Å². The van der Waals surface area contributed by atoms with Crippen LogP contribution in [-0.2, 0) is 0 Å². The minimum absolute atomic E-state index is 0.624. The number of thiocarbonyl (C=S) groups is 1. The monoisotopic (exact) mass is 206 g/mol. The lowest BCUT2D eigenvalue weighted by Crippen LogP contribution is -2.29. The van der Waals surface area contributed by atoms with Crippen LogP contribution < -0.4 is 10.6 Å². The molecular formula is C11H14N2S. The average Bonchev–Trinajstić information content (AvgIpc) is 2.16. The Kier molecular flexibility index (Phi) is 4.13. The summed E-state index contributed by atoms with van der Waals surface area (Å²) >= 11 is 5.09. The molecule has 2 N–H and O–H groups in total. The van der Waals surface area contributed by atoms with E-state index in [0.717, 1.165) is 11.3 Å². The van der Waals surface area contributed by atoms with Crippen LogP contribution in [0.3, 0.4) is 0 Å². The van der Waals surface area contributed by atoms with Gasteiger partial charge in [0.15, 0.2) is 5.11 Å². The summed E-state index contributed by atoms with van der Waals surface area (Å²) in [4.78, 5) is 0. The fourth-order valence-electron chi connectivity index (χ4n) is 0.928. The molecular weight excluding hydrogens is 192 g/mol. The first-order valence-electron chi connectivity index (χ1n) is 4.43. The molecule has 0 aromatic heterocycles. The summed E-state index contributed by atoms with van der Waals surface area (Å²) < 4.78 is 0. The summed E-state index contributed by atoms with van der Waals surface area (Å²) in [5, 5.41) is 6.75. The molecule has 0 aliphatic heterocycles. The maximum Gasteiger partial charge on any atom is 0.171 e. The van der Waals surface area contributed by atoms with Gasteiger partial charge in [-0.15, -0.1) is 0 Å². The summed E-state index contributed by atoms with van der Waals surface area (Å²) in [5.41, 5.74) is 2.05. The SMILES string of the molecule is C=C(C)CNC(=S)Nc1ccccc1. The summed E-state index contributed by atoms with van der Waals surface area (Å²) in [7, 11) is 0. The summed E-state index contributed by atoms with van der Waals surface area (Å²) in [5.74, 6) is 0. The third-order valence-corrected chi connectivity index (χ3v) is 1.83. The predicted octanol–water partition coefficient (Wildman–Crippen LogP) is 2.55. The van der Waals surface area contributed by atoms with Crippen LogP contribution in [0.1, 0.15) is 6.92 Å². The minimum Gasteiger partial charge on any atom is -0.359 e. The number of nitrogens with one attached hydrogen (secondary N) is 2. The highest BCUT2D eigenvalue weighted by Crippen LogP contribution is 2.04. The number of hydrogen-bond donors (Lipinski definition) is 2. The second kappa shape index (κ2) is 5.40. The van der Waals surface area contributed by atoms with Gasteiger partial charge in [0.05, 0.1) is 0 Å². The van der Waals surface area contributed by atoms with Gasteiger partial charge in [0.2, 0.25) is 0 Å². The zero-order valence-corrected chi connectivity index (χ0v) is 9.03. The van der Waals surface area contributed by atoms with Crippen LogP contribution >= 0.6 is 12.2 Å². The number of para-hydroxylation sites is 1. The van der Waals surface area contributed by atoms with E-state index in [-0.39, 0.29) is 0 Å². The Morgan fingerprint density at radius 3 is 2.57 bits per heavy atom. The third kappa shape index (κ3) is 4.05. The van der Waals surface area contributed by atoms with Crippen molar-refractivity contribution in [2.45, 2.75) is 6.92 Å². The Morgan fingerprint density at radius 1 is 1.36 bits per heavy atom. The topological polar surface area (TPSA) is 24.1 Å². The largest absolute Gasteiger partial charge is 0.359 e. The van der Waals surface area contributed by atoms with E-state index in [9.17, 15) is 0 Å². The molecule has 74 valence electrons. The molecule has 1 aromatic carbocycles. The van der Waals surface area contributed by atoms with Crippen molar-refractivity contribution < 1.29 is 0 Å². The lowest BCUT2D eigenvalue weighted by molar-refractivity contribution is 1.000. The van der Waals surface area contributed by atoms with Gasteiger partial charge in [-0.25, -0.2) is 0 Å². The number of rotatable bonds is 3. The van der Waals surface area contributed by atoms with E-state index in [4.69, 9.17) is 12.2 Å². The van der Waals surface area contributed by atoms with Crippen molar-refractivity contribution >= 4 is 23.0 Å². The molecule has 0 heterocycles. The molecule has 0 fully saturated rings. The zero-order valence-electron chi connectivity index (χ0n) is 8.21. The van der Waals surface area contributed by atoms with Gasteiger partial charge >= 0.3 is 0 Å². The molecule has 0 atom stereocenters. The molecule has 0 unspecified atom stereocenters. The van der Waals surface area contributed by atoms with Crippen molar-refractivity contribution in [2.24, 2.45) is 0 Å². The molecule has 0 bridgehead atoms. The first kappa shape index (κ1) is 10.7. The van der Waals surface area contributed by atoms with E-state index in [2.05, 4.69) is 17.2 Å². The van der Waals surface area contributed by atoms with Crippen molar-refractivity contribution in [1.82, 2.24) is 5.32 Å². The lowest BCUT2D eigenvalue weighted by Gasteiger charge is -2.09. The van der Waals surface area contributed by atoms with Gasteiger partial charge in [-0.05, 0) is 31.3 Å². The lowest BCUT2D eigenvalue weighted by atomic mass is 10.3. The van der Waals surface area contributed by atoms with Crippen LogP contribution in [-0.4, -0.2) is 11.7 Å². The first-order chi connectivity index (χ1) is 6.68. The Labute approximate surface area is 90.0 Å². The number of anilines is 1. The van der Waals surface area contributed by atoms with Crippen LogP contribution in [0, 0.1) is 0 Å². The molecule has 0 aliphatic carbocycles. The van der Waals surface area contributed by atoms with Gasteiger partial charge in [0.25, 0.3) is 0 Å². The van der Waals surface area contributed by atoms with Crippen molar-refractivity contribution in [3.63, 3.8) is 0 Å². The van der Waals surface area contributed by atoms with E-state index >= 15 is 0 Å². The Bertz CT molecular complexity index is 319. The third-order valence-electron chi connectivity index (χ3n) is 1.58. The molecule has 0 spiro atoms. The summed E-state index contributed by atoms with van der Waals surface area (Å²) in [6, 6.07) is 9.83. The highest BCUT2D eigenvalue weighted by atomic mass is 32.1. The molecule has 0 aliphatic rings. The maximum atomic E-state index is 5.09. The Balaban J connectivity index is 2.38. The molecule has 3 heteroatoms. The van der Waals surface area contributed by atoms with Crippen LogP contribution in [0.25, 0.3) is 0 Å². The molecule has 0 radical (unpaired) electrons. The summed E-state index contributed by atoms with van der Waals surface area (Å²) in [6.07, 6.45) is 0. The van der Waals surface area contributed by atoms with Crippen molar-refractivity contribution in [1.29, 1.82) is 0 Å². The van der Waals surface area contributed by atoms with Crippen molar-refractivity contribution in [3.05, 3.63) is 42.5 Å². The highest BCUT2D eigenvalue weighted by molar-refractivity contribution is 7.80. The molecule has 14 heavy (non-hydrogen) atoms. The second-order valence-electron chi connectivity index (χ2n) is 3.13. The zero-order chi connectivity index (χ0) is 10.4. The van der Waals surface area contributed by atoms with Gasteiger partial charge in [0.1, 0.15) is 0 Å². The van der Waals surface area contributed by atoms with Crippen LogP contribution in [0.2, 0.25) is 0 Å². The summed E-state index contributed by atoms with van der Waals surface area (Å²) in [6.45, 7) is 6.45. The number of benzene rings is 1. The van der Waals surface area contributed by atoms with E-state index in [0.29, 0.717) is 11.7 Å². The quantitative estimate of drug-likeness (QED) is 0.587. The average molecular weight is 206 g/mol. The second-order valence-corrected chi connectivity index (χ2v) is 3.54. The fraction of sp³-hybridized carbons (Fsp3) is 0.182. The standard InChI is InChI=1S/C11H14N2S/c1-9(2)8-12-11(14)13-10-6-4-3-5-7-10/h3-7H,1,8H2,2H3,(H2,12,13,14). The van der Waals surface area contributed by atoms with Gasteiger partial charge in [0, 0.05) is 12.2 Å². The molecule has 0 saturated heterocycles. The van der Waals surface area contributed by atoms with Gasteiger partial charge in [-0.3, -0.25) is 0 Å². The fourth-order valence-corrected chi connectivity index (χ4v) is 1.12.